The number of carboxylic acids is 1. The van der Waals surface area contributed by atoms with Crippen LogP contribution in [0.4, 0.5) is 0 Å². The van der Waals surface area contributed by atoms with Crippen molar-refractivity contribution < 1.29 is 144 Å². The van der Waals surface area contributed by atoms with Crippen molar-refractivity contribution in [2.24, 2.45) is 35.5 Å². The Morgan fingerprint density at radius 3 is 1.01 bits per heavy atom. The van der Waals surface area contributed by atoms with E-state index in [1.807, 2.05) is 100 Å². The molecule has 0 aliphatic carbocycles. The lowest BCUT2D eigenvalue weighted by molar-refractivity contribution is -0.136. The first kappa shape index (κ1) is 105. The average molecular weight is 1980 g/mol. The molecule has 3 amide bonds. The smallest absolute Gasteiger partial charge is 0.328 e. The number of carbonyl (C=O) groups is 5. The number of carbonyl (C=O) groups excluding carboxylic acids is 4. The molecule has 0 aromatic heterocycles. The number of likely N-dealkylation sites (tertiary alicyclic amines) is 3. The molecule has 0 radical (unpaired) electrons. The van der Waals surface area contributed by atoms with Gasteiger partial charge >= 0.3 is 11.9 Å². The summed E-state index contributed by atoms with van der Waals surface area (Å²) in [4.78, 5) is 68.5. The second-order valence-electron chi connectivity index (χ2n) is 37.2. The van der Waals surface area contributed by atoms with Gasteiger partial charge in [-0.3, -0.25) is 19.2 Å². The highest BCUT2D eigenvalue weighted by Crippen LogP contribution is 2.53. The summed E-state index contributed by atoms with van der Waals surface area (Å²) in [7, 11) is 14.0. The highest BCUT2D eigenvalue weighted by molar-refractivity contribution is 5.86. The molecule has 766 valence electrons. The normalized spacial score (nSPS) is 18.7. The van der Waals surface area contributed by atoms with Gasteiger partial charge in [-0.2, -0.15) is 0 Å². The number of carboxylic acid groups (broad SMARTS) is 1. The van der Waals surface area contributed by atoms with Gasteiger partial charge in [-0.25, -0.2) is 4.79 Å². The standard InChI is InChI=1S/3C25H31NO6.C18H16O6.C10H8O4.C8H10O2/c3*1-15-7-16(2)13-26(12-15)24(28)11-19(17-5-6-21-22(8-17)32-14-31-21)25-20(27)9-18(29-3)10-23(25)30-4;1-20-11-6-15(21-2)18-12(8-17(19)24-16(18)7-11)10-3-4-13-14(5-10)23-9-22-13;11-10(12)4-2-7-1-3-8-9(5-7)14-6-13-8;1-6-3-7(9)5-8(4-6)10-2/h3*5-6,8-10,15-16,19,27H,7,11-14H2,1-4H3;3-7,12H,8-9H2,1-2H3;1-5H,6H2,(H,11,12);3-5,9H,1-2H3/b;;;;4-2+;/t3*15-,16+,19?;;;. The molecule has 0 bridgehead atoms. The summed E-state index contributed by atoms with van der Waals surface area (Å²) in [5.41, 5.74) is 7.75. The van der Waals surface area contributed by atoms with Gasteiger partial charge in [-0.05, 0) is 174 Å². The van der Waals surface area contributed by atoms with Crippen LogP contribution in [0.15, 0.2) is 164 Å². The number of piperidine rings is 3. The first-order chi connectivity index (χ1) is 69.3. The first-order valence-corrected chi connectivity index (χ1v) is 47.7. The maximum Gasteiger partial charge on any atom is 0.328 e. The van der Waals surface area contributed by atoms with E-state index < -0.39 is 23.7 Å². The quantitative estimate of drug-likeness (QED) is 0.0213. The molecular weight excluding hydrogens is 1860 g/mol. The predicted octanol–water partition coefficient (Wildman–Crippen LogP) is 18.6. The third-order valence-corrected chi connectivity index (χ3v) is 26.3. The number of amides is 3. The number of fused-ring (bicyclic) bond motifs is 6. The van der Waals surface area contributed by atoms with Crippen LogP contribution in [0.5, 0.6) is 138 Å². The fourth-order valence-corrected chi connectivity index (χ4v) is 19.9. The van der Waals surface area contributed by atoms with Crippen molar-refractivity contribution in [2.45, 2.75) is 117 Å². The molecule has 3 fully saturated rings. The molecule has 10 aromatic rings. The number of nitrogens with zero attached hydrogens (tertiary/aromatic N) is 3. The van der Waals surface area contributed by atoms with Gasteiger partial charge in [0.15, 0.2) is 57.5 Å². The molecule has 0 saturated carbocycles. The van der Waals surface area contributed by atoms with E-state index in [1.54, 1.807) is 122 Å². The summed E-state index contributed by atoms with van der Waals surface area (Å²) in [5, 5.41) is 50.2. The molecule has 144 heavy (non-hydrogen) atoms. The van der Waals surface area contributed by atoms with E-state index in [-0.39, 0.29) is 112 Å². The van der Waals surface area contributed by atoms with Crippen LogP contribution < -0.4 is 94.7 Å². The molecule has 3 saturated heterocycles. The second-order valence-corrected chi connectivity index (χ2v) is 37.2. The van der Waals surface area contributed by atoms with E-state index in [2.05, 4.69) is 41.5 Å². The van der Waals surface area contributed by atoms with Gasteiger partial charge in [0.1, 0.15) is 80.5 Å². The van der Waals surface area contributed by atoms with E-state index >= 15 is 0 Å². The first-order valence-electron chi connectivity index (χ1n) is 47.7. The number of methoxy groups -OCH3 is 9. The van der Waals surface area contributed by atoms with Gasteiger partial charge in [0.2, 0.25) is 51.7 Å². The Kier molecular flexibility index (Phi) is 34.8. The molecule has 9 aliphatic heterocycles. The van der Waals surface area contributed by atoms with E-state index in [1.165, 1.54) is 27.4 Å². The lowest BCUT2D eigenvalue weighted by Crippen LogP contribution is -2.43. The van der Waals surface area contributed by atoms with Crippen LogP contribution in [0.2, 0.25) is 0 Å². The van der Waals surface area contributed by atoms with Crippen molar-refractivity contribution in [1.29, 1.82) is 0 Å². The number of ether oxygens (including phenoxy) is 20. The summed E-state index contributed by atoms with van der Waals surface area (Å²) in [6.07, 6.45) is 6.81. The molecule has 4 unspecified atom stereocenters. The maximum atomic E-state index is 13.4. The Bertz CT molecular complexity index is 5830. The minimum atomic E-state index is -0.970. The number of aryl methyl sites for hydroxylation is 1. The molecule has 33 heteroatoms. The van der Waals surface area contributed by atoms with Gasteiger partial charge in [-0.1, -0.05) is 71.9 Å². The third kappa shape index (κ3) is 25.8. The fraction of sp³-hybridized carbons (Fsp3) is 0.396. The summed E-state index contributed by atoms with van der Waals surface area (Å²) in [6, 6.07) is 46.3. The molecule has 9 heterocycles. The van der Waals surface area contributed by atoms with Crippen molar-refractivity contribution in [2.75, 3.05) is 137 Å². The summed E-state index contributed by atoms with van der Waals surface area (Å²) >= 11 is 0. The molecule has 9 aliphatic rings. The summed E-state index contributed by atoms with van der Waals surface area (Å²) < 4.78 is 108. The Labute approximate surface area is 837 Å². The minimum Gasteiger partial charge on any atom is -0.508 e. The van der Waals surface area contributed by atoms with Crippen LogP contribution in [0, 0.1) is 42.4 Å². The minimum absolute atomic E-state index is 0.0250. The number of phenolic OH excluding ortho intramolecular Hbond substituents is 4. The highest BCUT2D eigenvalue weighted by Gasteiger charge is 2.39. The molecule has 5 N–H and O–H groups in total. The van der Waals surface area contributed by atoms with Crippen LogP contribution in [0.1, 0.15) is 166 Å². The largest absolute Gasteiger partial charge is 0.508 e. The second kappa shape index (κ2) is 48.0. The summed E-state index contributed by atoms with van der Waals surface area (Å²) in [6.45, 7) is 20.5. The Hall–Kier alpha value is -15.3. The lowest BCUT2D eigenvalue weighted by atomic mass is 9.85. The van der Waals surface area contributed by atoms with Gasteiger partial charge in [0.05, 0.1) is 70.4 Å². The average Bonchev–Trinajstić information content (AvgIpc) is 1.09. The third-order valence-electron chi connectivity index (χ3n) is 26.3. The highest BCUT2D eigenvalue weighted by atomic mass is 16.7. The molecular formula is C111H127N3O30. The van der Waals surface area contributed by atoms with Crippen LogP contribution in [-0.4, -0.2) is 207 Å². The maximum absolute atomic E-state index is 13.4. The van der Waals surface area contributed by atoms with Crippen LogP contribution in [0.25, 0.3) is 6.08 Å². The number of phenols is 4. The van der Waals surface area contributed by atoms with Crippen molar-refractivity contribution in [3.63, 3.8) is 0 Å². The number of esters is 1. The molecule has 10 atom stereocenters. The van der Waals surface area contributed by atoms with Crippen molar-refractivity contribution >= 4 is 35.7 Å². The molecule has 10 aromatic carbocycles. The zero-order valence-corrected chi connectivity index (χ0v) is 84.0. The number of aliphatic carboxylic acids is 1. The van der Waals surface area contributed by atoms with E-state index in [0.29, 0.717) is 167 Å². The van der Waals surface area contributed by atoms with Crippen molar-refractivity contribution in [3.8, 4) is 138 Å². The van der Waals surface area contributed by atoms with Gasteiger partial charge < -0.3 is 135 Å². The summed E-state index contributed by atoms with van der Waals surface area (Å²) in [5.74, 6) is 12.4. The molecule has 19 rings (SSSR count). The number of benzene rings is 10. The number of hydrogen-bond donors (Lipinski definition) is 5. The molecule has 33 nitrogen and oxygen atoms in total. The Balaban J connectivity index is 0.000000142. The zero-order valence-electron chi connectivity index (χ0n) is 84.0. The number of rotatable bonds is 24. The SMILES string of the molecule is COc1cc(C)cc(O)c1.COc1cc(O)c(C(CC(=O)N2C[C@H](C)C[C@H](C)C2)c2ccc3c(c2)OCO3)c(OC)c1.COc1cc(O)c(C(CC(=O)N2C[C@H](C)C[C@H](C)C2)c2ccc3c(c2)OCO3)c(OC)c1.COc1cc(O)c(C(CC(=O)N2C[C@H](C)C[C@H](C)C2)c2ccc3c(c2)OCO3)c(OC)c1.COc1cc(OC)c2c(c1)OC(=O)CC2c1ccc2c(c1)OCO2.O=C(O)/C=C/c1ccc2c(c1)OCO2. The Morgan fingerprint density at radius 1 is 0.354 bits per heavy atom. The fourth-order valence-electron chi connectivity index (χ4n) is 19.9. The van der Waals surface area contributed by atoms with Crippen LogP contribution >= 0.6 is 0 Å². The van der Waals surface area contributed by atoms with E-state index in [9.17, 15) is 39.3 Å². The zero-order chi connectivity index (χ0) is 103. The van der Waals surface area contributed by atoms with Crippen LogP contribution in [0.3, 0.4) is 0 Å². The van der Waals surface area contributed by atoms with E-state index in [0.717, 1.165) is 104 Å². The van der Waals surface area contributed by atoms with Gasteiger partial charge in [0, 0.05) is 165 Å². The van der Waals surface area contributed by atoms with Gasteiger partial charge in [0.25, 0.3) is 0 Å². The lowest BCUT2D eigenvalue weighted by Gasteiger charge is -2.36. The number of hydrogen-bond acceptors (Lipinski definition) is 29. The van der Waals surface area contributed by atoms with Gasteiger partial charge in [-0.15, -0.1) is 0 Å². The Morgan fingerprint density at radius 2 is 0.667 bits per heavy atom. The predicted molar refractivity (Wildman–Crippen MR) is 532 cm³/mol. The number of aromatic hydroxyl groups is 4. The van der Waals surface area contributed by atoms with Crippen molar-refractivity contribution in [1.82, 2.24) is 14.7 Å². The molecule has 0 spiro atoms. The van der Waals surface area contributed by atoms with E-state index in [4.69, 9.17) is 105 Å². The van der Waals surface area contributed by atoms with Crippen molar-refractivity contribution in [3.05, 3.63) is 219 Å². The topological polar surface area (TPSA) is 381 Å². The van der Waals surface area contributed by atoms with Crippen LogP contribution in [-0.2, 0) is 24.0 Å². The monoisotopic (exact) mass is 1980 g/mol.